The van der Waals surface area contributed by atoms with Crippen LogP contribution in [0, 0.1) is 23.0 Å². The highest BCUT2D eigenvalue weighted by atomic mass is 19.4. The number of nitrogens with one attached hydrogen (secondary N) is 3. The predicted molar refractivity (Wildman–Crippen MR) is 135 cm³/mol. The fraction of sp³-hybridized carbons (Fsp3) is 0.308. The number of aromatic amines is 1. The first-order valence-electron chi connectivity index (χ1n) is 12.2. The number of halogens is 5. The lowest BCUT2D eigenvalue weighted by Gasteiger charge is -2.12. The minimum Gasteiger partial charge on any atom is -0.399 e. The Hall–Kier alpha value is -4.35. The SMILES string of the molecule is N#Cc1cc(-c2cc(NCCOCCCCNCc3cc(F)c(OC(F)(F)F)c(F)c3)c3cn[nH]c3c2)cnn1. The van der Waals surface area contributed by atoms with Gasteiger partial charge in [0.2, 0.25) is 5.75 Å². The Balaban J connectivity index is 1.16. The van der Waals surface area contributed by atoms with Gasteiger partial charge in [0.05, 0.1) is 24.5 Å². The molecule has 14 heteroatoms. The van der Waals surface area contributed by atoms with Gasteiger partial charge in [-0.15, -0.1) is 18.3 Å². The van der Waals surface area contributed by atoms with E-state index >= 15 is 0 Å². The normalized spacial score (nSPS) is 11.5. The second kappa shape index (κ2) is 13.1. The number of nitrogens with zero attached hydrogens (tertiary/aromatic N) is 4. The number of hydrogen-bond acceptors (Lipinski definition) is 8. The maximum Gasteiger partial charge on any atom is 0.573 e. The van der Waals surface area contributed by atoms with Gasteiger partial charge in [0.25, 0.3) is 0 Å². The predicted octanol–water partition coefficient (Wildman–Crippen LogP) is 5.07. The van der Waals surface area contributed by atoms with Gasteiger partial charge in [0, 0.05) is 36.3 Å². The van der Waals surface area contributed by atoms with Gasteiger partial charge in [-0.05, 0) is 60.8 Å². The second-order valence-corrected chi connectivity index (χ2v) is 8.66. The third-order valence-corrected chi connectivity index (χ3v) is 5.72. The van der Waals surface area contributed by atoms with E-state index in [4.69, 9.17) is 10.00 Å². The number of unbranched alkanes of at least 4 members (excludes halogenated alkanes) is 1. The van der Waals surface area contributed by atoms with E-state index in [9.17, 15) is 22.0 Å². The molecule has 0 bridgehead atoms. The summed E-state index contributed by atoms with van der Waals surface area (Å²) >= 11 is 0. The fourth-order valence-electron chi connectivity index (χ4n) is 3.92. The molecule has 0 aliphatic heterocycles. The summed E-state index contributed by atoms with van der Waals surface area (Å²) in [5.74, 6) is -4.30. The van der Waals surface area contributed by atoms with Gasteiger partial charge in [-0.25, -0.2) is 8.78 Å². The van der Waals surface area contributed by atoms with Gasteiger partial charge in [-0.1, -0.05) is 0 Å². The minimum absolute atomic E-state index is 0.0832. The number of aromatic nitrogens is 4. The maximum atomic E-state index is 13.8. The van der Waals surface area contributed by atoms with Crippen molar-refractivity contribution in [2.45, 2.75) is 25.7 Å². The van der Waals surface area contributed by atoms with Crippen molar-refractivity contribution in [2.75, 3.05) is 31.6 Å². The smallest absolute Gasteiger partial charge is 0.399 e. The van der Waals surface area contributed by atoms with Crippen LogP contribution in [0.15, 0.2) is 42.7 Å². The summed E-state index contributed by atoms with van der Waals surface area (Å²) in [6, 6.07) is 9.10. The lowest BCUT2D eigenvalue weighted by molar-refractivity contribution is -0.276. The van der Waals surface area contributed by atoms with Crippen LogP contribution in [-0.2, 0) is 11.3 Å². The standard InChI is InChI=1S/C26H24F5N7O2/c27-21-7-16(8-22(28)25(21)40-26(29,30)31)13-33-3-1-2-5-39-6-4-34-23-10-17(11-24-20(23)15-36-38-24)18-9-19(12-32)37-35-14-18/h7-11,14-15,33-34H,1-6,13H2,(H,36,38). The van der Waals surface area contributed by atoms with Crippen molar-refractivity contribution in [2.24, 2.45) is 0 Å². The molecule has 0 saturated carbocycles. The Morgan fingerprint density at radius 2 is 1.75 bits per heavy atom. The van der Waals surface area contributed by atoms with E-state index in [1.165, 1.54) is 0 Å². The number of nitriles is 1. The first kappa shape index (κ1) is 28.7. The third-order valence-electron chi connectivity index (χ3n) is 5.72. The first-order valence-corrected chi connectivity index (χ1v) is 12.2. The van der Waals surface area contributed by atoms with Crippen LogP contribution in [0.5, 0.6) is 5.75 Å². The zero-order valence-electron chi connectivity index (χ0n) is 21.0. The van der Waals surface area contributed by atoms with E-state index in [0.29, 0.717) is 26.3 Å². The quantitative estimate of drug-likeness (QED) is 0.153. The topological polar surface area (TPSA) is 121 Å². The number of benzene rings is 2. The van der Waals surface area contributed by atoms with Crippen LogP contribution in [0.3, 0.4) is 0 Å². The van der Waals surface area contributed by atoms with Crippen LogP contribution in [0.25, 0.3) is 22.0 Å². The number of fused-ring (bicyclic) bond motifs is 1. The molecule has 0 aliphatic rings. The van der Waals surface area contributed by atoms with Crippen molar-refractivity contribution in [3.05, 3.63) is 65.6 Å². The minimum atomic E-state index is -5.18. The van der Waals surface area contributed by atoms with Crippen LogP contribution in [0.1, 0.15) is 24.1 Å². The van der Waals surface area contributed by atoms with Crippen LogP contribution >= 0.6 is 0 Å². The maximum absolute atomic E-state index is 13.8. The molecule has 0 saturated heterocycles. The van der Waals surface area contributed by atoms with E-state index in [2.05, 4.69) is 35.8 Å². The monoisotopic (exact) mass is 561 g/mol. The number of ether oxygens (including phenoxy) is 2. The van der Waals surface area contributed by atoms with Crippen LogP contribution in [-0.4, -0.2) is 53.1 Å². The fourth-order valence-corrected chi connectivity index (χ4v) is 3.92. The number of alkyl halides is 3. The highest BCUT2D eigenvalue weighted by molar-refractivity contribution is 5.95. The first-order chi connectivity index (χ1) is 19.2. The summed E-state index contributed by atoms with van der Waals surface area (Å²) in [6.07, 6.45) is -0.435. The molecule has 4 aromatic rings. The molecule has 0 radical (unpaired) electrons. The Bertz CT molecular complexity index is 1460. The van der Waals surface area contributed by atoms with Crippen LogP contribution < -0.4 is 15.4 Å². The average Bonchev–Trinajstić information content (AvgIpc) is 3.40. The Kier molecular flexibility index (Phi) is 9.41. The van der Waals surface area contributed by atoms with Crippen molar-refractivity contribution in [3.63, 3.8) is 0 Å². The molecule has 0 spiro atoms. The van der Waals surface area contributed by atoms with E-state index in [1.54, 1.807) is 18.5 Å². The molecule has 0 fully saturated rings. The molecule has 4 rings (SSSR count). The van der Waals surface area contributed by atoms with Crippen molar-refractivity contribution >= 4 is 16.6 Å². The molecule has 0 aliphatic carbocycles. The molecule has 2 aromatic heterocycles. The molecular weight excluding hydrogens is 537 g/mol. The Morgan fingerprint density at radius 3 is 2.50 bits per heavy atom. The number of rotatable bonds is 13. The van der Waals surface area contributed by atoms with Gasteiger partial charge >= 0.3 is 6.36 Å². The molecule has 210 valence electrons. The third kappa shape index (κ3) is 7.84. The molecular formula is C26H24F5N7O2. The Morgan fingerprint density at radius 1 is 0.950 bits per heavy atom. The largest absolute Gasteiger partial charge is 0.573 e. The zero-order valence-corrected chi connectivity index (χ0v) is 21.0. The summed E-state index contributed by atoms with van der Waals surface area (Å²) < 4.78 is 73.3. The highest BCUT2D eigenvalue weighted by Gasteiger charge is 2.34. The number of hydrogen-bond donors (Lipinski definition) is 3. The van der Waals surface area contributed by atoms with E-state index in [1.807, 2.05) is 18.2 Å². The molecule has 0 amide bonds. The zero-order chi connectivity index (χ0) is 28.5. The molecule has 9 nitrogen and oxygen atoms in total. The van der Waals surface area contributed by atoms with Gasteiger partial charge < -0.3 is 20.1 Å². The molecule has 2 heterocycles. The van der Waals surface area contributed by atoms with Gasteiger partial charge in [0.15, 0.2) is 17.3 Å². The number of anilines is 1. The average molecular weight is 562 g/mol. The summed E-state index contributed by atoms with van der Waals surface area (Å²) in [4.78, 5) is 0. The molecule has 0 unspecified atom stereocenters. The molecule has 3 N–H and O–H groups in total. The van der Waals surface area contributed by atoms with Crippen molar-refractivity contribution < 1.29 is 31.4 Å². The second-order valence-electron chi connectivity index (χ2n) is 8.66. The van der Waals surface area contributed by atoms with Gasteiger partial charge in [0.1, 0.15) is 6.07 Å². The molecule has 0 atom stereocenters. The Labute approximate surface area is 225 Å². The van der Waals surface area contributed by atoms with Gasteiger partial charge in [-0.3, -0.25) is 5.10 Å². The summed E-state index contributed by atoms with van der Waals surface area (Å²) in [5.41, 5.74) is 3.63. The summed E-state index contributed by atoms with van der Waals surface area (Å²) in [6.45, 7) is 2.08. The van der Waals surface area contributed by atoms with Crippen molar-refractivity contribution in [1.82, 2.24) is 25.7 Å². The van der Waals surface area contributed by atoms with E-state index in [0.717, 1.165) is 52.7 Å². The number of H-pyrrole nitrogens is 1. The van der Waals surface area contributed by atoms with E-state index < -0.39 is 23.7 Å². The summed E-state index contributed by atoms with van der Waals surface area (Å²) in [5, 5.41) is 31.0. The molecule has 2 aromatic carbocycles. The van der Waals surface area contributed by atoms with E-state index in [-0.39, 0.29) is 17.8 Å². The molecule has 40 heavy (non-hydrogen) atoms. The van der Waals surface area contributed by atoms with Crippen LogP contribution in [0.4, 0.5) is 27.6 Å². The van der Waals surface area contributed by atoms with Gasteiger partial charge in [-0.2, -0.15) is 15.5 Å². The summed E-state index contributed by atoms with van der Waals surface area (Å²) in [7, 11) is 0. The lowest BCUT2D eigenvalue weighted by atomic mass is 10.0. The lowest BCUT2D eigenvalue weighted by Crippen LogP contribution is -2.20. The highest BCUT2D eigenvalue weighted by Crippen LogP contribution is 2.30. The van der Waals surface area contributed by atoms with Crippen molar-refractivity contribution in [3.8, 4) is 22.9 Å². The van der Waals surface area contributed by atoms with Crippen LogP contribution in [0.2, 0.25) is 0 Å². The van der Waals surface area contributed by atoms with Crippen molar-refractivity contribution in [1.29, 1.82) is 5.26 Å².